The van der Waals surface area contributed by atoms with Crippen molar-refractivity contribution in [3.63, 3.8) is 0 Å². The van der Waals surface area contributed by atoms with Crippen molar-refractivity contribution in [1.29, 1.82) is 0 Å². The molecule has 3 rings (SSSR count). The average Bonchev–Trinajstić information content (AvgIpc) is 2.64. The van der Waals surface area contributed by atoms with E-state index in [0.717, 1.165) is 6.26 Å². The summed E-state index contributed by atoms with van der Waals surface area (Å²) in [6.07, 6.45) is 3.17. The minimum atomic E-state index is -3.30. The van der Waals surface area contributed by atoms with Crippen LogP contribution in [0.15, 0.2) is 64.4 Å². The summed E-state index contributed by atoms with van der Waals surface area (Å²) in [5, 5.41) is 4.79. The first-order valence-corrected chi connectivity index (χ1v) is 11.1. The van der Waals surface area contributed by atoms with Gasteiger partial charge in [0.25, 0.3) is 5.56 Å². The number of nitrogens with zero attached hydrogens (tertiary/aromatic N) is 2. The predicted octanol–water partition coefficient (Wildman–Crippen LogP) is 3.38. The summed E-state index contributed by atoms with van der Waals surface area (Å²) in [5.74, 6) is -0.393. The van der Waals surface area contributed by atoms with Crippen molar-refractivity contribution in [2.75, 3.05) is 11.6 Å². The van der Waals surface area contributed by atoms with E-state index in [1.807, 2.05) is 0 Å². The van der Waals surface area contributed by atoms with Crippen molar-refractivity contribution in [2.45, 2.75) is 11.3 Å². The first kappa shape index (κ1) is 19.4. The van der Waals surface area contributed by atoms with Gasteiger partial charge in [0.15, 0.2) is 9.84 Å². The van der Waals surface area contributed by atoms with Crippen LogP contribution in [0.25, 0.3) is 16.8 Å². The first-order valence-electron chi connectivity index (χ1n) is 8.05. The van der Waals surface area contributed by atoms with Gasteiger partial charge in [-0.25, -0.2) is 12.8 Å². The molecule has 0 aliphatic rings. The molecular weight excluding hydrogens is 435 g/mol. The number of alkyl halides is 1. The minimum Gasteiger partial charge on any atom is -0.267 e. The summed E-state index contributed by atoms with van der Waals surface area (Å²) in [5.41, 5.74) is 2.05. The van der Waals surface area contributed by atoms with Gasteiger partial charge in [0, 0.05) is 22.7 Å². The molecule has 0 aliphatic heterocycles. The monoisotopic (exact) mass is 450 g/mol. The van der Waals surface area contributed by atoms with Crippen LogP contribution >= 0.6 is 15.9 Å². The van der Waals surface area contributed by atoms with E-state index in [4.69, 9.17) is 0 Å². The number of sulfone groups is 1. The maximum atomic E-state index is 13.1. The summed E-state index contributed by atoms with van der Waals surface area (Å²) in [6, 6.07) is 11.9. The Morgan fingerprint density at radius 2 is 1.70 bits per heavy atom. The van der Waals surface area contributed by atoms with Gasteiger partial charge in [-0.1, -0.05) is 28.1 Å². The van der Waals surface area contributed by atoms with E-state index in [0.29, 0.717) is 34.1 Å². The Labute approximate surface area is 164 Å². The van der Waals surface area contributed by atoms with Crippen molar-refractivity contribution in [1.82, 2.24) is 9.78 Å². The molecule has 0 bridgehead atoms. The molecule has 2 aromatic carbocycles. The molecule has 3 aromatic rings. The van der Waals surface area contributed by atoms with Crippen molar-refractivity contribution >= 4 is 25.8 Å². The molecule has 5 nitrogen and oxygen atoms in total. The molecule has 0 saturated carbocycles. The number of hydrogen-bond donors (Lipinski definition) is 0. The van der Waals surface area contributed by atoms with Crippen LogP contribution in [0.4, 0.5) is 4.39 Å². The Morgan fingerprint density at radius 1 is 1.07 bits per heavy atom. The molecule has 0 spiro atoms. The molecule has 0 fully saturated rings. The third-order valence-electron chi connectivity index (χ3n) is 4.09. The van der Waals surface area contributed by atoms with Gasteiger partial charge in [-0.05, 0) is 48.4 Å². The lowest BCUT2D eigenvalue weighted by atomic mass is 10.0. The second-order valence-electron chi connectivity index (χ2n) is 5.97. The molecule has 8 heteroatoms. The van der Waals surface area contributed by atoms with Gasteiger partial charge in [-0.3, -0.25) is 4.79 Å². The smallest absolute Gasteiger partial charge is 0.267 e. The van der Waals surface area contributed by atoms with Crippen LogP contribution in [-0.2, 0) is 16.3 Å². The fourth-order valence-corrected chi connectivity index (χ4v) is 3.75. The van der Waals surface area contributed by atoms with Gasteiger partial charge < -0.3 is 0 Å². The average molecular weight is 451 g/mol. The van der Waals surface area contributed by atoms with Crippen molar-refractivity contribution in [3.05, 3.63) is 76.5 Å². The highest BCUT2D eigenvalue weighted by molar-refractivity contribution is 9.09. The van der Waals surface area contributed by atoms with Crippen LogP contribution in [0.1, 0.15) is 5.56 Å². The lowest BCUT2D eigenvalue weighted by Crippen LogP contribution is -2.25. The van der Waals surface area contributed by atoms with E-state index < -0.39 is 15.7 Å². The lowest BCUT2D eigenvalue weighted by molar-refractivity contribution is 0.602. The Hall–Kier alpha value is -2.32. The molecule has 27 heavy (non-hydrogen) atoms. The fourth-order valence-electron chi connectivity index (χ4n) is 2.72. The second-order valence-corrected chi connectivity index (χ2v) is 8.77. The van der Waals surface area contributed by atoms with Gasteiger partial charge in [-0.2, -0.15) is 9.78 Å². The molecule has 0 atom stereocenters. The molecular formula is C19H16BrFN2O3S. The van der Waals surface area contributed by atoms with Gasteiger partial charge in [0.1, 0.15) is 5.82 Å². The topological polar surface area (TPSA) is 69.0 Å². The van der Waals surface area contributed by atoms with Gasteiger partial charge in [0.2, 0.25) is 0 Å². The van der Waals surface area contributed by atoms with Crippen LogP contribution in [-0.4, -0.2) is 29.8 Å². The summed E-state index contributed by atoms with van der Waals surface area (Å²) < 4.78 is 37.6. The van der Waals surface area contributed by atoms with Gasteiger partial charge in [-0.15, -0.1) is 0 Å². The maximum absolute atomic E-state index is 13.1. The Morgan fingerprint density at radius 3 is 2.26 bits per heavy atom. The standard InChI is InChI=1S/C19H16BrFN2O3S/c1-27(25,26)16-8-2-13(3-9-16)18-12-22-23(19(24)17(18)10-11-20)15-6-4-14(21)5-7-15/h2-9,12H,10-11H2,1H3. The zero-order valence-corrected chi connectivity index (χ0v) is 16.8. The number of benzene rings is 2. The quantitative estimate of drug-likeness (QED) is 0.558. The maximum Gasteiger partial charge on any atom is 0.275 e. The summed E-state index contributed by atoms with van der Waals surface area (Å²) >= 11 is 3.36. The summed E-state index contributed by atoms with van der Waals surface area (Å²) in [6.45, 7) is 0. The largest absolute Gasteiger partial charge is 0.275 e. The van der Waals surface area contributed by atoms with E-state index in [-0.39, 0.29) is 10.5 Å². The van der Waals surface area contributed by atoms with E-state index in [1.54, 1.807) is 18.3 Å². The van der Waals surface area contributed by atoms with Crippen molar-refractivity contribution in [2.24, 2.45) is 0 Å². The lowest BCUT2D eigenvalue weighted by Gasteiger charge is -2.12. The minimum absolute atomic E-state index is 0.209. The van der Waals surface area contributed by atoms with E-state index in [9.17, 15) is 17.6 Å². The van der Waals surface area contributed by atoms with E-state index in [1.165, 1.54) is 41.1 Å². The fraction of sp³-hybridized carbons (Fsp3) is 0.158. The highest BCUT2D eigenvalue weighted by Gasteiger charge is 2.15. The molecule has 0 N–H and O–H groups in total. The van der Waals surface area contributed by atoms with Crippen molar-refractivity contribution in [3.8, 4) is 16.8 Å². The normalized spacial score (nSPS) is 11.5. The zero-order valence-electron chi connectivity index (χ0n) is 14.4. The SMILES string of the molecule is CS(=O)(=O)c1ccc(-c2cnn(-c3ccc(F)cc3)c(=O)c2CCBr)cc1. The molecule has 1 aromatic heterocycles. The van der Waals surface area contributed by atoms with E-state index in [2.05, 4.69) is 21.0 Å². The van der Waals surface area contributed by atoms with Crippen LogP contribution in [0.5, 0.6) is 0 Å². The van der Waals surface area contributed by atoms with Gasteiger partial charge in [0.05, 0.1) is 16.8 Å². The Balaban J connectivity index is 2.12. The van der Waals surface area contributed by atoms with Gasteiger partial charge >= 0.3 is 0 Å². The molecule has 0 aliphatic carbocycles. The summed E-state index contributed by atoms with van der Waals surface area (Å²) in [4.78, 5) is 13.2. The van der Waals surface area contributed by atoms with Crippen LogP contribution in [0.2, 0.25) is 0 Å². The highest BCUT2D eigenvalue weighted by atomic mass is 79.9. The number of halogens is 2. The molecule has 0 unspecified atom stereocenters. The number of rotatable bonds is 5. The zero-order chi connectivity index (χ0) is 19.6. The summed E-state index contributed by atoms with van der Waals surface area (Å²) in [7, 11) is -3.30. The molecule has 0 amide bonds. The third kappa shape index (κ3) is 4.17. The Kier molecular flexibility index (Phi) is 5.57. The second kappa shape index (κ2) is 7.74. The van der Waals surface area contributed by atoms with Crippen LogP contribution in [0.3, 0.4) is 0 Å². The number of hydrogen-bond acceptors (Lipinski definition) is 4. The molecule has 0 radical (unpaired) electrons. The highest BCUT2D eigenvalue weighted by Crippen LogP contribution is 2.24. The molecule has 0 saturated heterocycles. The first-order chi connectivity index (χ1) is 12.8. The third-order valence-corrected chi connectivity index (χ3v) is 5.61. The van der Waals surface area contributed by atoms with Crippen LogP contribution in [0, 0.1) is 5.82 Å². The van der Waals surface area contributed by atoms with E-state index >= 15 is 0 Å². The van der Waals surface area contributed by atoms with Crippen LogP contribution < -0.4 is 5.56 Å². The van der Waals surface area contributed by atoms with Crippen molar-refractivity contribution < 1.29 is 12.8 Å². The number of aromatic nitrogens is 2. The molecule has 1 heterocycles. The Bertz CT molecular complexity index is 1130. The molecule has 140 valence electrons. The predicted molar refractivity (Wildman–Crippen MR) is 106 cm³/mol.